The van der Waals surface area contributed by atoms with Gasteiger partial charge < -0.3 is 19.5 Å². The minimum absolute atomic E-state index is 0.193. The Hall–Kier alpha value is -2.94. The molecule has 9 heteroatoms. The van der Waals surface area contributed by atoms with Crippen molar-refractivity contribution in [3.63, 3.8) is 0 Å². The molecule has 0 saturated heterocycles. The van der Waals surface area contributed by atoms with Crippen LogP contribution in [0.2, 0.25) is 5.02 Å². The number of carbonyl (C=O) groups is 1. The zero-order chi connectivity index (χ0) is 21.3. The number of para-hydroxylation sites is 1. The van der Waals surface area contributed by atoms with Gasteiger partial charge in [0, 0.05) is 18.9 Å². The highest BCUT2D eigenvalue weighted by atomic mass is 35.5. The van der Waals surface area contributed by atoms with Crippen LogP contribution in [0, 0.1) is 0 Å². The van der Waals surface area contributed by atoms with Crippen molar-refractivity contribution in [2.75, 3.05) is 18.5 Å². The number of carbonyl (C=O) groups excluding carboxylic acids is 1. The normalized spacial score (nSPS) is 10.9. The Bertz CT molecular complexity index is 956. The summed E-state index contributed by atoms with van der Waals surface area (Å²) in [6.45, 7) is 5.15. The predicted molar refractivity (Wildman–Crippen MR) is 113 cm³/mol. The predicted octanol–water partition coefficient (Wildman–Crippen LogP) is 4.38. The highest BCUT2D eigenvalue weighted by Crippen LogP contribution is 2.29. The van der Waals surface area contributed by atoms with E-state index in [2.05, 4.69) is 15.6 Å². The SMILES string of the molecule is CCOC(Cn1cc(C(=O)Nc2ccc(Oc3ccccc3Cl)cc2)nn1)OCC. The van der Waals surface area contributed by atoms with Crippen LogP contribution in [0.3, 0.4) is 0 Å². The van der Waals surface area contributed by atoms with Gasteiger partial charge in [0.05, 0.1) is 17.8 Å². The Morgan fingerprint density at radius 2 is 1.80 bits per heavy atom. The maximum atomic E-state index is 12.4. The smallest absolute Gasteiger partial charge is 0.277 e. The van der Waals surface area contributed by atoms with E-state index in [1.165, 1.54) is 4.68 Å². The molecule has 0 saturated carbocycles. The lowest BCUT2D eigenvalue weighted by Gasteiger charge is -2.16. The van der Waals surface area contributed by atoms with Crippen molar-refractivity contribution in [2.24, 2.45) is 0 Å². The number of amides is 1. The van der Waals surface area contributed by atoms with Crippen molar-refractivity contribution in [1.82, 2.24) is 15.0 Å². The van der Waals surface area contributed by atoms with Crippen molar-refractivity contribution in [2.45, 2.75) is 26.7 Å². The molecule has 1 amide bonds. The number of nitrogens with zero attached hydrogens (tertiary/aromatic N) is 3. The quantitative estimate of drug-likeness (QED) is 0.480. The zero-order valence-electron chi connectivity index (χ0n) is 16.7. The molecule has 3 aromatic rings. The summed E-state index contributed by atoms with van der Waals surface area (Å²) in [4.78, 5) is 12.4. The lowest BCUT2D eigenvalue weighted by Crippen LogP contribution is -2.24. The number of halogens is 1. The first kappa shape index (κ1) is 21.8. The lowest BCUT2D eigenvalue weighted by molar-refractivity contribution is -0.145. The number of benzene rings is 2. The van der Waals surface area contributed by atoms with Crippen molar-refractivity contribution in [1.29, 1.82) is 0 Å². The second-order valence-corrected chi connectivity index (χ2v) is 6.58. The van der Waals surface area contributed by atoms with Crippen LogP contribution in [-0.4, -0.2) is 40.4 Å². The zero-order valence-corrected chi connectivity index (χ0v) is 17.5. The van der Waals surface area contributed by atoms with Gasteiger partial charge in [-0.15, -0.1) is 5.10 Å². The van der Waals surface area contributed by atoms with Gasteiger partial charge in [-0.2, -0.15) is 0 Å². The van der Waals surface area contributed by atoms with E-state index in [1.807, 2.05) is 26.0 Å². The third kappa shape index (κ3) is 6.03. The summed E-state index contributed by atoms with van der Waals surface area (Å²) in [5.74, 6) is 0.792. The first-order chi connectivity index (χ1) is 14.6. The fourth-order valence-electron chi connectivity index (χ4n) is 2.63. The standard InChI is InChI=1S/C21H23ClN4O4/c1-3-28-20(29-4-2)14-26-13-18(24-25-26)21(27)23-15-9-11-16(12-10-15)30-19-8-6-5-7-17(19)22/h5-13,20H,3-4,14H2,1-2H3,(H,23,27). The average Bonchev–Trinajstić information content (AvgIpc) is 3.20. The van der Waals surface area contributed by atoms with Crippen LogP contribution in [0.15, 0.2) is 54.7 Å². The fraction of sp³-hybridized carbons (Fsp3) is 0.286. The minimum Gasteiger partial charge on any atom is -0.456 e. The summed E-state index contributed by atoms with van der Waals surface area (Å²) in [6, 6.07) is 14.1. The largest absolute Gasteiger partial charge is 0.456 e. The Labute approximate surface area is 179 Å². The third-order valence-corrected chi connectivity index (χ3v) is 4.30. The number of aromatic nitrogens is 3. The molecule has 0 aliphatic carbocycles. The summed E-state index contributed by atoms with van der Waals surface area (Å²) in [5.41, 5.74) is 0.792. The van der Waals surface area contributed by atoms with Gasteiger partial charge in [-0.1, -0.05) is 28.9 Å². The lowest BCUT2D eigenvalue weighted by atomic mass is 10.3. The van der Waals surface area contributed by atoms with E-state index < -0.39 is 6.29 Å². The number of nitrogens with one attached hydrogen (secondary N) is 1. The molecule has 0 aliphatic rings. The molecule has 3 rings (SSSR count). The van der Waals surface area contributed by atoms with Crippen LogP contribution < -0.4 is 10.1 Å². The molecule has 158 valence electrons. The maximum absolute atomic E-state index is 12.4. The molecule has 8 nitrogen and oxygen atoms in total. The van der Waals surface area contributed by atoms with Crippen molar-refractivity contribution >= 4 is 23.2 Å². The van der Waals surface area contributed by atoms with Gasteiger partial charge in [-0.05, 0) is 50.2 Å². The van der Waals surface area contributed by atoms with Crippen LogP contribution in [0.1, 0.15) is 24.3 Å². The van der Waals surface area contributed by atoms with E-state index in [-0.39, 0.29) is 11.6 Å². The first-order valence-corrected chi connectivity index (χ1v) is 9.94. The number of ether oxygens (including phenoxy) is 3. The Kier molecular flexibility index (Phi) is 7.78. The van der Waals surface area contributed by atoms with Gasteiger partial charge in [-0.3, -0.25) is 4.79 Å². The molecule has 0 bridgehead atoms. The molecule has 1 aromatic heterocycles. The molecule has 0 radical (unpaired) electrons. The molecule has 0 atom stereocenters. The van der Waals surface area contributed by atoms with Crippen molar-refractivity contribution < 1.29 is 19.0 Å². The molecule has 1 heterocycles. The molecular formula is C21H23ClN4O4. The number of anilines is 1. The van der Waals surface area contributed by atoms with E-state index in [0.29, 0.717) is 42.0 Å². The minimum atomic E-state index is -0.441. The van der Waals surface area contributed by atoms with Crippen LogP contribution in [0.5, 0.6) is 11.5 Å². The fourth-order valence-corrected chi connectivity index (χ4v) is 2.80. The van der Waals surface area contributed by atoms with Gasteiger partial charge in [0.15, 0.2) is 12.0 Å². The second-order valence-electron chi connectivity index (χ2n) is 6.18. The summed E-state index contributed by atoms with van der Waals surface area (Å²) >= 11 is 6.10. The molecule has 30 heavy (non-hydrogen) atoms. The number of rotatable bonds is 10. The van der Waals surface area contributed by atoms with Crippen molar-refractivity contribution in [3.05, 3.63) is 65.4 Å². The topological polar surface area (TPSA) is 87.5 Å². The summed E-state index contributed by atoms with van der Waals surface area (Å²) in [6.07, 6.45) is 1.11. The van der Waals surface area contributed by atoms with E-state index in [4.69, 9.17) is 25.8 Å². The Morgan fingerprint density at radius 1 is 1.10 bits per heavy atom. The second kappa shape index (κ2) is 10.7. The van der Waals surface area contributed by atoms with Gasteiger partial charge in [0.1, 0.15) is 11.5 Å². The summed E-state index contributed by atoms with van der Waals surface area (Å²) < 4.78 is 18.2. The van der Waals surface area contributed by atoms with Crippen molar-refractivity contribution in [3.8, 4) is 11.5 Å². The maximum Gasteiger partial charge on any atom is 0.277 e. The first-order valence-electron chi connectivity index (χ1n) is 9.56. The highest BCUT2D eigenvalue weighted by molar-refractivity contribution is 6.32. The van der Waals surface area contributed by atoms with E-state index >= 15 is 0 Å². The van der Waals surface area contributed by atoms with Gasteiger partial charge in [0.25, 0.3) is 5.91 Å². The average molecular weight is 431 g/mol. The summed E-state index contributed by atoms with van der Waals surface area (Å²) in [5, 5.41) is 11.2. The van der Waals surface area contributed by atoms with Crippen LogP contribution in [0.4, 0.5) is 5.69 Å². The van der Waals surface area contributed by atoms with Gasteiger partial charge in [-0.25, -0.2) is 4.68 Å². The number of hydrogen-bond donors (Lipinski definition) is 1. The van der Waals surface area contributed by atoms with E-state index in [9.17, 15) is 4.79 Å². The van der Waals surface area contributed by atoms with E-state index in [1.54, 1.807) is 42.6 Å². The monoisotopic (exact) mass is 430 g/mol. The van der Waals surface area contributed by atoms with Crippen LogP contribution >= 0.6 is 11.6 Å². The highest BCUT2D eigenvalue weighted by Gasteiger charge is 2.15. The molecule has 0 spiro atoms. The molecule has 2 aromatic carbocycles. The van der Waals surface area contributed by atoms with Gasteiger partial charge >= 0.3 is 0 Å². The molecule has 1 N–H and O–H groups in total. The van der Waals surface area contributed by atoms with Crippen LogP contribution in [-0.2, 0) is 16.0 Å². The molecule has 0 fully saturated rings. The molecular weight excluding hydrogens is 408 g/mol. The van der Waals surface area contributed by atoms with E-state index in [0.717, 1.165) is 0 Å². The Balaban J connectivity index is 1.58. The Morgan fingerprint density at radius 3 is 2.47 bits per heavy atom. The molecule has 0 aliphatic heterocycles. The number of hydrogen-bond acceptors (Lipinski definition) is 6. The van der Waals surface area contributed by atoms with Gasteiger partial charge in [0.2, 0.25) is 0 Å². The molecule has 0 unspecified atom stereocenters. The summed E-state index contributed by atoms with van der Waals surface area (Å²) in [7, 11) is 0. The third-order valence-electron chi connectivity index (χ3n) is 3.99. The van der Waals surface area contributed by atoms with Crippen LogP contribution in [0.25, 0.3) is 0 Å².